The second kappa shape index (κ2) is 8.09. The first-order chi connectivity index (χ1) is 13.0. The van der Waals surface area contributed by atoms with E-state index < -0.39 is 12.5 Å². The second-order valence-electron chi connectivity index (χ2n) is 5.18. The van der Waals surface area contributed by atoms with Gasteiger partial charge in [0.25, 0.3) is 5.91 Å². The van der Waals surface area contributed by atoms with Gasteiger partial charge in [-0.25, -0.2) is 5.43 Å². The zero-order chi connectivity index (χ0) is 19.4. The number of nitrogens with one attached hydrogen (secondary N) is 1. The summed E-state index contributed by atoms with van der Waals surface area (Å²) < 4.78 is 44.6. The van der Waals surface area contributed by atoms with Crippen LogP contribution in [0.2, 0.25) is 5.02 Å². The third kappa shape index (κ3) is 4.37. The summed E-state index contributed by atoms with van der Waals surface area (Å²) in [5.41, 5.74) is 3.07. The Morgan fingerprint density at radius 3 is 2.81 bits per heavy atom. The van der Waals surface area contributed by atoms with Crippen molar-refractivity contribution in [2.45, 2.75) is 6.61 Å². The number of halogens is 3. The molecular formula is C17H13ClF2N2O5. The molecule has 0 bridgehead atoms. The molecule has 0 unspecified atom stereocenters. The molecule has 7 nitrogen and oxygen atoms in total. The Hall–Kier alpha value is -3.07. The van der Waals surface area contributed by atoms with Crippen molar-refractivity contribution in [2.24, 2.45) is 5.10 Å². The van der Waals surface area contributed by atoms with Crippen LogP contribution in [0.4, 0.5) is 8.78 Å². The lowest BCUT2D eigenvalue weighted by atomic mass is 10.2. The predicted molar refractivity (Wildman–Crippen MR) is 92.3 cm³/mol. The molecule has 142 valence electrons. The average Bonchev–Trinajstić information content (AvgIpc) is 3.11. The molecule has 0 saturated heterocycles. The van der Waals surface area contributed by atoms with Gasteiger partial charge in [0, 0.05) is 5.56 Å². The van der Waals surface area contributed by atoms with Crippen LogP contribution in [0.3, 0.4) is 0 Å². The summed E-state index contributed by atoms with van der Waals surface area (Å²) in [6, 6.07) is 7.45. The second-order valence-corrected chi connectivity index (χ2v) is 5.59. The normalized spacial score (nSPS) is 12.5. The number of carbonyl (C=O) groups excluding carboxylic acids is 1. The first-order valence-corrected chi connectivity index (χ1v) is 7.91. The topological polar surface area (TPSA) is 78.4 Å². The molecule has 0 atom stereocenters. The van der Waals surface area contributed by atoms with Crippen LogP contribution < -0.4 is 24.4 Å². The van der Waals surface area contributed by atoms with Gasteiger partial charge >= 0.3 is 6.61 Å². The first kappa shape index (κ1) is 18.7. The minimum atomic E-state index is -3.04. The zero-order valence-corrected chi connectivity index (χ0v) is 14.6. The van der Waals surface area contributed by atoms with E-state index in [9.17, 15) is 13.6 Å². The molecule has 2 aromatic carbocycles. The van der Waals surface area contributed by atoms with Crippen molar-refractivity contribution in [1.29, 1.82) is 0 Å². The smallest absolute Gasteiger partial charge is 0.387 e. The summed E-state index contributed by atoms with van der Waals surface area (Å²) >= 11 is 5.94. The molecule has 10 heteroatoms. The highest BCUT2D eigenvalue weighted by Gasteiger charge is 2.17. The van der Waals surface area contributed by atoms with Crippen LogP contribution in [-0.2, 0) is 0 Å². The number of methoxy groups -OCH3 is 1. The van der Waals surface area contributed by atoms with E-state index in [0.717, 1.165) is 0 Å². The lowest BCUT2D eigenvalue weighted by Crippen LogP contribution is -2.17. The summed E-state index contributed by atoms with van der Waals surface area (Å²) in [6.07, 6.45) is 1.28. The Bertz CT molecular complexity index is 892. The molecule has 1 aliphatic heterocycles. The van der Waals surface area contributed by atoms with Gasteiger partial charge in [-0.15, -0.1) is 0 Å². The molecule has 0 spiro atoms. The van der Waals surface area contributed by atoms with E-state index in [0.29, 0.717) is 22.6 Å². The summed E-state index contributed by atoms with van der Waals surface area (Å²) in [5.74, 6) is 0.281. The molecule has 0 aromatic heterocycles. The highest BCUT2D eigenvalue weighted by atomic mass is 35.5. The van der Waals surface area contributed by atoms with Gasteiger partial charge in [-0.3, -0.25) is 4.79 Å². The maximum atomic E-state index is 12.4. The van der Waals surface area contributed by atoms with E-state index in [1.54, 1.807) is 12.1 Å². The van der Waals surface area contributed by atoms with Crippen LogP contribution in [0.5, 0.6) is 23.0 Å². The number of carbonyl (C=O) groups is 1. The lowest BCUT2D eigenvalue weighted by molar-refractivity contribution is -0.0511. The molecular weight excluding hydrogens is 386 g/mol. The number of rotatable bonds is 6. The molecule has 27 heavy (non-hydrogen) atoms. The van der Waals surface area contributed by atoms with Crippen molar-refractivity contribution in [1.82, 2.24) is 5.43 Å². The number of ether oxygens (including phenoxy) is 4. The maximum Gasteiger partial charge on any atom is 0.387 e. The molecule has 1 N–H and O–H groups in total. The Labute approximate surface area is 157 Å². The van der Waals surface area contributed by atoms with Gasteiger partial charge in [0.15, 0.2) is 23.0 Å². The number of amides is 1. The fraction of sp³-hybridized carbons (Fsp3) is 0.176. The monoisotopic (exact) mass is 398 g/mol. The van der Waals surface area contributed by atoms with Crippen LogP contribution >= 0.6 is 11.6 Å². The number of fused-ring (bicyclic) bond motifs is 1. The average molecular weight is 399 g/mol. The van der Waals surface area contributed by atoms with E-state index in [1.165, 1.54) is 31.5 Å². The number of benzene rings is 2. The molecule has 1 heterocycles. The Kier molecular flexibility index (Phi) is 5.60. The highest BCUT2D eigenvalue weighted by molar-refractivity contribution is 6.32. The van der Waals surface area contributed by atoms with Crippen molar-refractivity contribution in [3.8, 4) is 23.0 Å². The molecule has 3 rings (SSSR count). The summed E-state index contributed by atoms with van der Waals surface area (Å²) in [4.78, 5) is 12.1. The van der Waals surface area contributed by atoms with Gasteiger partial charge in [-0.1, -0.05) is 11.6 Å². The minimum Gasteiger partial charge on any atom is -0.493 e. The SMILES string of the molecule is COc1cc(/C=N\NC(=O)c2ccc3c(c2)OCO3)cc(Cl)c1OC(F)F. The molecule has 0 saturated carbocycles. The van der Waals surface area contributed by atoms with Gasteiger partial charge in [-0.05, 0) is 35.9 Å². The van der Waals surface area contributed by atoms with Crippen molar-refractivity contribution in [3.05, 3.63) is 46.5 Å². The minimum absolute atomic E-state index is 0.00588. The van der Waals surface area contributed by atoms with Gasteiger partial charge < -0.3 is 18.9 Å². The number of hydrogen-bond acceptors (Lipinski definition) is 6. The Morgan fingerprint density at radius 1 is 1.30 bits per heavy atom. The van der Waals surface area contributed by atoms with E-state index in [-0.39, 0.29) is 23.3 Å². The molecule has 0 aliphatic carbocycles. The van der Waals surface area contributed by atoms with E-state index in [1.807, 2.05) is 0 Å². The van der Waals surface area contributed by atoms with Gasteiger partial charge in [0.05, 0.1) is 18.3 Å². The summed E-state index contributed by atoms with van der Waals surface area (Å²) in [5, 5.41) is 3.73. The van der Waals surface area contributed by atoms with Crippen molar-refractivity contribution >= 4 is 23.7 Å². The van der Waals surface area contributed by atoms with E-state index in [2.05, 4.69) is 15.3 Å². The van der Waals surface area contributed by atoms with Gasteiger partial charge in [0.1, 0.15) is 0 Å². The van der Waals surface area contributed by atoms with Crippen LogP contribution in [0.1, 0.15) is 15.9 Å². The third-order valence-electron chi connectivity index (χ3n) is 3.47. The zero-order valence-electron chi connectivity index (χ0n) is 13.9. The molecule has 2 aromatic rings. The highest BCUT2D eigenvalue weighted by Crippen LogP contribution is 2.37. The van der Waals surface area contributed by atoms with E-state index >= 15 is 0 Å². The summed E-state index contributed by atoms with van der Waals surface area (Å²) in [7, 11) is 1.28. The number of nitrogens with zero attached hydrogens (tertiary/aromatic N) is 1. The van der Waals surface area contributed by atoms with Gasteiger partial charge in [-0.2, -0.15) is 13.9 Å². The fourth-order valence-electron chi connectivity index (χ4n) is 2.29. The number of hydrazone groups is 1. The van der Waals surface area contributed by atoms with Crippen molar-refractivity contribution in [3.63, 3.8) is 0 Å². The van der Waals surface area contributed by atoms with Crippen LogP contribution in [0.25, 0.3) is 0 Å². The maximum absolute atomic E-state index is 12.4. The molecule has 1 amide bonds. The predicted octanol–water partition coefficient (Wildman–Crippen LogP) is 3.44. The Balaban J connectivity index is 1.70. The summed E-state index contributed by atoms with van der Waals surface area (Å²) in [6.45, 7) is -2.94. The molecule has 0 fully saturated rings. The van der Waals surface area contributed by atoms with Gasteiger partial charge in [0.2, 0.25) is 6.79 Å². The quantitative estimate of drug-likeness (QED) is 0.595. The first-order valence-electron chi connectivity index (χ1n) is 7.53. The van der Waals surface area contributed by atoms with Crippen LogP contribution in [-0.4, -0.2) is 32.6 Å². The van der Waals surface area contributed by atoms with Crippen LogP contribution in [0.15, 0.2) is 35.4 Å². The standard InChI is InChI=1S/C17H13ClF2N2O5/c1-24-14-5-9(4-11(18)15(14)27-17(19)20)7-21-22-16(23)10-2-3-12-13(6-10)26-8-25-12/h2-7,17H,8H2,1H3,(H,22,23)/b21-7-. The van der Waals surface area contributed by atoms with Crippen molar-refractivity contribution in [2.75, 3.05) is 13.9 Å². The number of hydrogen-bond donors (Lipinski definition) is 1. The van der Waals surface area contributed by atoms with E-state index in [4.69, 9.17) is 25.8 Å². The Morgan fingerprint density at radius 2 is 2.07 bits per heavy atom. The fourth-order valence-corrected chi connectivity index (χ4v) is 2.55. The molecule has 1 aliphatic rings. The van der Waals surface area contributed by atoms with Crippen molar-refractivity contribution < 1.29 is 32.5 Å². The van der Waals surface area contributed by atoms with Crippen LogP contribution in [0, 0.1) is 0 Å². The molecule has 0 radical (unpaired) electrons. The number of alkyl halides is 2. The third-order valence-corrected chi connectivity index (χ3v) is 3.75. The lowest BCUT2D eigenvalue weighted by Gasteiger charge is -2.12. The largest absolute Gasteiger partial charge is 0.493 e.